The third-order valence-electron chi connectivity index (χ3n) is 6.11. The van der Waals surface area contributed by atoms with Gasteiger partial charge in [-0.2, -0.15) is 5.10 Å². The summed E-state index contributed by atoms with van der Waals surface area (Å²) in [7, 11) is 1.51. The molecule has 0 aromatic carbocycles. The van der Waals surface area contributed by atoms with E-state index in [0.717, 1.165) is 4.57 Å². The number of aryl methyl sites for hydroxylation is 1. The summed E-state index contributed by atoms with van der Waals surface area (Å²) in [4.78, 5) is 40.2. The van der Waals surface area contributed by atoms with Crippen LogP contribution in [0.5, 0.6) is 0 Å². The lowest BCUT2D eigenvalue weighted by Crippen LogP contribution is -2.53. The minimum atomic E-state index is -1.79. The lowest BCUT2D eigenvalue weighted by molar-refractivity contribution is -0.146. The second-order valence-electron chi connectivity index (χ2n) is 9.43. The molecule has 0 amide bonds. The van der Waals surface area contributed by atoms with Crippen molar-refractivity contribution in [1.29, 1.82) is 0 Å². The number of aromatic nitrogens is 4. The fourth-order valence-electron chi connectivity index (χ4n) is 4.16. The van der Waals surface area contributed by atoms with Crippen molar-refractivity contribution in [1.82, 2.24) is 18.9 Å². The quantitative estimate of drug-likeness (QED) is 0.296. The van der Waals surface area contributed by atoms with E-state index in [2.05, 4.69) is 11.7 Å². The monoisotopic (exact) mass is 530 g/mol. The predicted molar refractivity (Wildman–Crippen MR) is 144 cm³/mol. The van der Waals surface area contributed by atoms with Gasteiger partial charge >= 0.3 is 11.7 Å². The fraction of sp³-hybridized carbons (Fsp3) is 0.462. The summed E-state index contributed by atoms with van der Waals surface area (Å²) in [5.41, 5.74) is -1.92. The summed E-state index contributed by atoms with van der Waals surface area (Å²) in [6.07, 6.45) is 5.11. The number of carboxylic acids is 1. The molecule has 1 atom stereocenters. The topological polar surface area (TPSA) is 118 Å². The number of nitrogens with zero attached hydrogens (tertiary/aromatic N) is 4. The molecule has 11 heteroatoms. The van der Waals surface area contributed by atoms with Crippen LogP contribution in [0.15, 0.2) is 52.0 Å². The number of rotatable bonds is 11. The molecule has 0 bridgehead atoms. The SMILES string of the molecule is C=C(OC)/C(=C\CC)[C@H](Cn1c(=O)n(C(C)(C)C(=O)O)c(=O)c2c(C)c(-n3cccn3)sc21)OC(C)C. The number of carboxylic acid groups (broad SMARTS) is 1. The minimum absolute atomic E-state index is 0.0101. The number of methoxy groups -OCH3 is 1. The molecular formula is C26H34N4O6S. The highest BCUT2D eigenvalue weighted by Gasteiger charge is 2.36. The van der Waals surface area contributed by atoms with Crippen LogP contribution in [0.4, 0.5) is 0 Å². The second kappa shape index (κ2) is 10.9. The Morgan fingerprint density at radius 1 is 1.32 bits per heavy atom. The first-order chi connectivity index (χ1) is 17.4. The van der Waals surface area contributed by atoms with Gasteiger partial charge in [0.1, 0.15) is 27.2 Å². The zero-order chi connectivity index (χ0) is 27.7. The molecule has 200 valence electrons. The second-order valence-corrected chi connectivity index (χ2v) is 10.4. The van der Waals surface area contributed by atoms with Crippen molar-refractivity contribution in [2.24, 2.45) is 0 Å². The molecule has 3 aromatic heterocycles. The van der Waals surface area contributed by atoms with Crippen molar-refractivity contribution >= 4 is 27.5 Å². The molecule has 3 heterocycles. The summed E-state index contributed by atoms with van der Waals surface area (Å²) >= 11 is 1.24. The van der Waals surface area contributed by atoms with Gasteiger partial charge in [0.25, 0.3) is 5.56 Å². The number of aliphatic carboxylic acids is 1. The first kappa shape index (κ1) is 28.1. The Morgan fingerprint density at radius 2 is 2.00 bits per heavy atom. The third-order valence-corrected chi connectivity index (χ3v) is 7.41. The van der Waals surface area contributed by atoms with Crippen molar-refractivity contribution in [2.75, 3.05) is 7.11 Å². The van der Waals surface area contributed by atoms with E-state index >= 15 is 0 Å². The van der Waals surface area contributed by atoms with Crippen molar-refractivity contribution in [2.45, 2.75) is 72.3 Å². The number of ether oxygens (including phenoxy) is 2. The Labute approximate surface area is 219 Å². The minimum Gasteiger partial charge on any atom is -0.497 e. The Balaban J connectivity index is 2.42. The largest absolute Gasteiger partial charge is 0.497 e. The first-order valence-electron chi connectivity index (χ1n) is 12.0. The maximum absolute atomic E-state index is 13.9. The smallest absolute Gasteiger partial charge is 0.333 e. The van der Waals surface area contributed by atoms with Crippen molar-refractivity contribution < 1.29 is 19.4 Å². The van der Waals surface area contributed by atoms with Gasteiger partial charge in [-0.15, -0.1) is 0 Å². The van der Waals surface area contributed by atoms with Gasteiger partial charge in [-0.25, -0.2) is 18.8 Å². The van der Waals surface area contributed by atoms with E-state index in [-0.39, 0.29) is 18.0 Å². The van der Waals surface area contributed by atoms with E-state index in [0.29, 0.717) is 33.1 Å². The molecule has 0 radical (unpaired) electrons. The number of allylic oxidation sites excluding steroid dienone is 1. The number of thiophene rings is 1. The van der Waals surface area contributed by atoms with Gasteiger partial charge in [-0.05, 0) is 47.1 Å². The summed E-state index contributed by atoms with van der Waals surface area (Å²) < 4.78 is 15.5. The zero-order valence-corrected chi connectivity index (χ0v) is 23.1. The molecule has 0 aliphatic rings. The Kier molecular flexibility index (Phi) is 8.28. The summed E-state index contributed by atoms with van der Waals surface area (Å²) in [5.74, 6) is -0.900. The highest BCUT2D eigenvalue weighted by Crippen LogP contribution is 2.32. The molecule has 3 rings (SSSR count). The van der Waals surface area contributed by atoms with E-state index in [1.54, 1.807) is 30.1 Å². The van der Waals surface area contributed by atoms with Crippen molar-refractivity contribution in [3.05, 3.63) is 68.8 Å². The van der Waals surface area contributed by atoms with Gasteiger partial charge in [0.15, 0.2) is 0 Å². The van der Waals surface area contributed by atoms with Crippen LogP contribution in [0.1, 0.15) is 46.6 Å². The summed E-state index contributed by atoms with van der Waals surface area (Å²) in [6.45, 7) is 14.2. The van der Waals surface area contributed by atoms with E-state index in [9.17, 15) is 19.5 Å². The molecule has 0 aliphatic heterocycles. The molecule has 0 saturated carbocycles. The maximum atomic E-state index is 13.9. The normalized spacial score (nSPS) is 13.4. The van der Waals surface area contributed by atoms with E-state index in [1.807, 2.05) is 26.8 Å². The van der Waals surface area contributed by atoms with Crippen molar-refractivity contribution in [3.8, 4) is 5.00 Å². The molecule has 37 heavy (non-hydrogen) atoms. The van der Waals surface area contributed by atoms with Gasteiger partial charge in [0, 0.05) is 23.5 Å². The van der Waals surface area contributed by atoms with Gasteiger partial charge in [-0.1, -0.05) is 30.9 Å². The van der Waals surface area contributed by atoms with Gasteiger partial charge < -0.3 is 14.6 Å². The number of fused-ring (bicyclic) bond motifs is 1. The predicted octanol–water partition coefficient (Wildman–Crippen LogP) is 3.83. The highest BCUT2D eigenvalue weighted by molar-refractivity contribution is 7.21. The number of hydrogen-bond donors (Lipinski definition) is 1. The van der Waals surface area contributed by atoms with Crippen LogP contribution in [0.25, 0.3) is 15.2 Å². The van der Waals surface area contributed by atoms with E-state index in [4.69, 9.17) is 9.47 Å². The Morgan fingerprint density at radius 3 is 2.51 bits per heavy atom. The van der Waals surface area contributed by atoms with Gasteiger partial charge in [0.05, 0.1) is 25.1 Å². The highest BCUT2D eigenvalue weighted by atomic mass is 32.1. The maximum Gasteiger partial charge on any atom is 0.333 e. The van der Waals surface area contributed by atoms with Crippen LogP contribution < -0.4 is 11.2 Å². The fourth-order valence-corrected chi connectivity index (χ4v) is 5.41. The molecule has 0 fully saturated rings. The molecule has 1 N–H and O–H groups in total. The van der Waals surface area contributed by atoms with Crippen molar-refractivity contribution in [3.63, 3.8) is 0 Å². The zero-order valence-electron chi connectivity index (χ0n) is 22.3. The number of hydrogen-bond acceptors (Lipinski definition) is 7. The molecule has 0 unspecified atom stereocenters. The summed E-state index contributed by atoms with van der Waals surface area (Å²) in [6, 6.07) is 1.76. The van der Waals surface area contributed by atoms with Crippen LogP contribution in [0.2, 0.25) is 0 Å². The molecule has 0 saturated heterocycles. The Bertz CT molecular complexity index is 1460. The standard InChI is InChI=1S/C26H34N4O6S/c1-9-11-18(17(5)35-8)19(36-15(2)3)14-28-23-20(16(4)22(37-23)29-13-10-12-27-29)21(31)30(25(28)34)26(6,7)24(32)33/h10-13,15,19H,5,9,14H2,1-4,6-8H3,(H,32,33)/b18-11+/t19-/m0/s1. The Hall–Kier alpha value is -3.44. The van der Waals surface area contributed by atoms with E-state index < -0.39 is 28.9 Å². The number of carbonyl (C=O) groups is 1. The van der Waals surface area contributed by atoms with Gasteiger partial charge in [0.2, 0.25) is 0 Å². The van der Waals surface area contributed by atoms with Crippen LogP contribution in [0, 0.1) is 6.92 Å². The average molecular weight is 531 g/mol. The van der Waals surface area contributed by atoms with Crippen LogP contribution >= 0.6 is 11.3 Å². The molecular weight excluding hydrogens is 496 g/mol. The molecule has 3 aromatic rings. The van der Waals surface area contributed by atoms with Gasteiger partial charge in [-0.3, -0.25) is 9.36 Å². The van der Waals surface area contributed by atoms with E-state index in [1.165, 1.54) is 36.9 Å². The lowest BCUT2D eigenvalue weighted by Gasteiger charge is -2.27. The molecule has 0 aliphatic carbocycles. The van der Waals surface area contributed by atoms with Crippen LogP contribution in [-0.2, 0) is 26.4 Å². The van der Waals surface area contributed by atoms with Crippen LogP contribution in [0.3, 0.4) is 0 Å². The average Bonchev–Trinajstić information content (AvgIpc) is 3.46. The molecule has 10 nitrogen and oxygen atoms in total. The summed E-state index contributed by atoms with van der Waals surface area (Å²) in [5, 5.41) is 15.1. The first-order valence-corrected chi connectivity index (χ1v) is 12.8. The van der Waals surface area contributed by atoms with Crippen LogP contribution in [-0.4, -0.2) is 49.3 Å². The molecule has 0 spiro atoms. The lowest BCUT2D eigenvalue weighted by atomic mass is 10.0. The third kappa shape index (κ3) is 5.19.